The van der Waals surface area contributed by atoms with Crippen molar-refractivity contribution in [3.05, 3.63) is 18.5 Å². The quantitative estimate of drug-likeness (QED) is 0.434. The zero-order valence-electron chi connectivity index (χ0n) is 7.14. The summed E-state index contributed by atoms with van der Waals surface area (Å²) in [5, 5.41) is 3.98. The molecule has 0 unspecified atom stereocenters. The Morgan fingerprint density at radius 3 is 3.15 bits per heavy atom. The second-order valence-corrected chi connectivity index (χ2v) is 2.42. The van der Waals surface area contributed by atoms with Crippen LogP contribution in [0.1, 0.15) is 0 Å². The molecule has 13 heavy (non-hydrogen) atoms. The minimum Gasteiger partial charge on any atom is -0.368 e. The predicted octanol–water partition coefficient (Wildman–Crippen LogP) is -1.11. The van der Waals surface area contributed by atoms with E-state index in [9.17, 15) is 4.79 Å². The van der Waals surface area contributed by atoms with E-state index in [1.54, 1.807) is 10.9 Å². The summed E-state index contributed by atoms with van der Waals surface area (Å²) in [6, 6.07) is 1.84. The van der Waals surface area contributed by atoms with E-state index < -0.39 is 5.91 Å². The number of hydrogen-bond donors (Lipinski definition) is 2. The highest BCUT2D eigenvalue weighted by Gasteiger charge is 1.93. The molecule has 3 N–H and O–H groups in total. The van der Waals surface area contributed by atoms with Crippen molar-refractivity contribution >= 4 is 5.91 Å². The average Bonchev–Trinajstić information content (AvgIpc) is 2.55. The van der Waals surface area contributed by atoms with E-state index in [1.165, 1.54) is 0 Å². The summed E-state index contributed by atoms with van der Waals surface area (Å²) in [5.74, 6) is -0.494. The molecule has 6 nitrogen and oxygen atoms in total. The molecule has 1 rings (SSSR count). The van der Waals surface area contributed by atoms with Gasteiger partial charge >= 0.3 is 0 Å². The fourth-order valence-corrected chi connectivity index (χ4v) is 0.787. The topological polar surface area (TPSA) is 82.2 Å². The van der Waals surface area contributed by atoms with Crippen molar-refractivity contribution < 1.29 is 9.63 Å². The van der Waals surface area contributed by atoms with Crippen LogP contribution in [0.4, 0.5) is 0 Å². The lowest BCUT2D eigenvalue weighted by Gasteiger charge is -2.03. The Morgan fingerprint density at radius 1 is 1.69 bits per heavy atom. The Bertz CT molecular complexity index is 247. The van der Waals surface area contributed by atoms with Crippen LogP contribution in [-0.4, -0.2) is 28.8 Å². The minimum atomic E-state index is -0.494. The molecule has 0 spiro atoms. The molecule has 0 radical (unpaired) electrons. The van der Waals surface area contributed by atoms with Gasteiger partial charge in [0.2, 0.25) is 5.91 Å². The standard InChI is InChI=1S/C7H12N4O2/c8-7(12)6-13-10-3-5-11-4-1-2-9-11/h1-2,4,10H,3,5-6H2,(H2,8,12). The monoisotopic (exact) mass is 184 g/mol. The number of aromatic nitrogens is 2. The van der Waals surface area contributed by atoms with Gasteiger partial charge in [0.1, 0.15) is 6.61 Å². The Balaban J connectivity index is 1.99. The van der Waals surface area contributed by atoms with Crippen molar-refractivity contribution in [2.75, 3.05) is 13.2 Å². The van der Waals surface area contributed by atoms with Crippen LogP contribution in [0.5, 0.6) is 0 Å². The Labute approximate surface area is 75.6 Å². The summed E-state index contributed by atoms with van der Waals surface area (Å²) in [6.07, 6.45) is 3.54. The van der Waals surface area contributed by atoms with E-state index in [-0.39, 0.29) is 6.61 Å². The number of rotatable bonds is 6. The molecule has 0 aliphatic rings. The Kier molecular flexibility index (Phi) is 3.94. The fraction of sp³-hybridized carbons (Fsp3) is 0.429. The van der Waals surface area contributed by atoms with E-state index in [1.807, 2.05) is 12.3 Å². The molecular formula is C7H12N4O2. The van der Waals surface area contributed by atoms with Gasteiger partial charge in [0, 0.05) is 18.9 Å². The lowest BCUT2D eigenvalue weighted by atomic mass is 10.6. The summed E-state index contributed by atoms with van der Waals surface area (Å²) < 4.78 is 1.75. The zero-order chi connectivity index (χ0) is 9.52. The number of nitrogens with zero attached hydrogens (tertiary/aromatic N) is 2. The molecule has 1 aromatic heterocycles. The zero-order valence-corrected chi connectivity index (χ0v) is 7.14. The number of amides is 1. The molecule has 0 saturated heterocycles. The van der Waals surface area contributed by atoms with Crippen LogP contribution < -0.4 is 11.2 Å². The number of carbonyl (C=O) groups is 1. The number of nitrogens with one attached hydrogen (secondary N) is 1. The first-order valence-corrected chi connectivity index (χ1v) is 3.89. The van der Waals surface area contributed by atoms with Gasteiger partial charge in [-0.05, 0) is 6.07 Å². The SMILES string of the molecule is NC(=O)CONCCn1cccn1. The van der Waals surface area contributed by atoms with Gasteiger partial charge in [0.15, 0.2) is 0 Å². The highest BCUT2D eigenvalue weighted by atomic mass is 16.6. The maximum absolute atomic E-state index is 10.2. The molecule has 0 aliphatic heterocycles. The summed E-state index contributed by atoms with van der Waals surface area (Å²) in [5.41, 5.74) is 7.44. The molecule has 0 saturated carbocycles. The van der Waals surface area contributed by atoms with Crippen LogP contribution in [-0.2, 0) is 16.2 Å². The van der Waals surface area contributed by atoms with E-state index >= 15 is 0 Å². The molecular weight excluding hydrogens is 172 g/mol. The Hall–Kier alpha value is -1.40. The van der Waals surface area contributed by atoms with Crippen molar-refractivity contribution in [3.8, 4) is 0 Å². The molecule has 1 heterocycles. The van der Waals surface area contributed by atoms with E-state index in [0.717, 1.165) is 0 Å². The molecule has 0 atom stereocenters. The van der Waals surface area contributed by atoms with Crippen LogP contribution >= 0.6 is 0 Å². The second kappa shape index (κ2) is 5.28. The van der Waals surface area contributed by atoms with E-state index in [0.29, 0.717) is 13.1 Å². The summed E-state index contributed by atoms with van der Waals surface area (Å²) >= 11 is 0. The lowest BCUT2D eigenvalue weighted by molar-refractivity contribution is -0.125. The summed E-state index contributed by atoms with van der Waals surface area (Å²) in [4.78, 5) is 15.0. The molecule has 0 aliphatic carbocycles. The van der Waals surface area contributed by atoms with Crippen LogP contribution in [0.3, 0.4) is 0 Å². The van der Waals surface area contributed by atoms with Gasteiger partial charge in [-0.25, -0.2) is 5.48 Å². The van der Waals surface area contributed by atoms with Crippen molar-refractivity contribution in [2.45, 2.75) is 6.54 Å². The average molecular weight is 184 g/mol. The molecule has 72 valence electrons. The van der Waals surface area contributed by atoms with Crippen LogP contribution in [0.15, 0.2) is 18.5 Å². The molecule has 1 aromatic rings. The number of carbonyl (C=O) groups excluding carboxylic acids is 1. The number of nitrogens with two attached hydrogens (primary N) is 1. The highest BCUT2D eigenvalue weighted by Crippen LogP contribution is 1.82. The van der Waals surface area contributed by atoms with Crippen LogP contribution in [0.2, 0.25) is 0 Å². The maximum Gasteiger partial charge on any atom is 0.245 e. The maximum atomic E-state index is 10.2. The Morgan fingerprint density at radius 2 is 2.54 bits per heavy atom. The number of primary amides is 1. The van der Waals surface area contributed by atoms with Crippen molar-refractivity contribution in [1.82, 2.24) is 15.3 Å². The van der Waals surface area contributed by atoms with Gasteiger partial charge in [-0.1, -0.05) is 0 Å². The van der Waals surface area contributed by atoms with Gasteiger partial charge in [-0.15, -0.1) is 0 Å². The van der Waals surface area contributed by atoms with Gasteiger partial charge in [-0.2, -0.15) is 5.10 Å². The first-order valence-electron chi connectivity index (χ1n) is 3.89. The van der Waals surface area contributed by atoms with Gasteiger partial charge in [0.25, 0.3) is 0 Å². The van der Waals surface area contributed by atoms with E-state index in [4.69, 9.17) is 10.6 Å². The van der Waals surface area contributed by atoms with Crippen molar-refractivity contribution in [1.29, 1.82) is 0 Å². The summed E-state index contributed by atoms with van der Waals surface area (Å²) in [6.45, 7) is 1.15. The molecule has 0 fully saturated rings. The van der Waals surface area contributed by atoms with Gasteiger partial charge < -0.3 is 5.73 Å². The van der Waals surface area contributed by atoms with E-state index in [2.05, 4.69) is 10.6 Å². The first-order chi connectivity index (χ1) is 6.29. The molecule has 1 amide bonds. The minimum absolute atomic E-state index is 0.112. The normalized spacial score (nSPS) is 10.2. The lowest BCUT2D eigenvalue weighted by Crippen LogP contribution is -2.27. The first kappa shape index (κ1) is 9.69. The molecule has 6 heteroatoms. The number of hydrogen-bond acceptors (Lipinski definition) is 4. The van der Waals surface area contributed by atoms with Crippen LogP contribution in [0, 0.1) is 0 Å². The third-order valence-electron chi connectivity index (χ3n) is 1.32. The third kappa shape index (κ3) is 4.24. The third-order valence-corrected chi connectivity index (χ3v) is 1.32. The largest absolute Gasteiger partial charge is 0.368 e. The summed E-state index contributed by atoms with van der Waals surface area (Å²) in [7, 11) is 0. The molecule has 0 bridgehead atoms. The van der Waals surface area contributed by atoms with Gasteiger partial charge in [0.05, 0.1) is 6.54 Å². The highest BCUT2D eigenvalue weighted by molar-refractivity contribution is 5.74. The van der Waals surface area contributed by atoms with Gasteiger partial charge in [-0.3, -0.25) is 14.3 Å². The van der Waals surface area contributed by atoms with Crippen molar-refractivity contribution in [2.24, 2.45) is 5.73 Å². The number of hydroxylamine groups is 1. The second-order valence-electron chi connectivity index (χ2n) is 2.42. The van der Waals surface area contributed by atoms with Crippen molar-refractivity contribution in [3.63, 3.8) is 0 Å². The molecule has 0 aromatic carbocycles. The fourth-order valence-electron chi connectivity index (χ4n) is 0.787. The smallest absolute Gasteiger partial charge is 0.245 e. The van der Waals surface area contributed by atoms with Crippen LogP contribution in [0.25, 0.3) is 0 Å². The predicted molar refractivity (Wildman–Crippen MR) is 45.4 cm³/mol.